The number of aliphatic hydroxyl groups excluding tert-OH is 2. The summed E-state index contributed by atoms with van der Waals surface area (Å²) < 4.78 is 12.8. The highest BCUT2D eigenvalue weighted by atomic mass is 79.9. The third-order valence-electron chi connectivity index (χ3n) is 5.92. The van der Waals surface area contributed by atoms with Gasteiger partial charge in [0.15, 0.2) is 6.23 Å². The number of ether oxygens (including phenoxy) is 2. The van der Waals surface area contributed by atoms with E-state index in [2.05, 4.69) is 25.9 Å². The van der Waals surface area contributed by atoms with Gasteiger partial charge in [-0.3, -0.25) is 14.2 Å². The first-order valence-corrected chi connectivity index (χ1v) is 10.9. The normalized spacial score (nSPS) is 26.9. The molecule has 1 saturated heterocycles. The highest BCUT2D eigenvalue weighted by Crippen LogP contribution is 2.39. The smallest absolute Gasteiger partial charge is 0.309 e. The first-order valence-electron chi connectivity index (χ1n) is 10.1. The van der Waals surface area contributed by atoms with E-state index in [-0.39, 0.29) is 45.5 Å². The number of anilines is 1. The Balaban J connectivity index is 1.58. The number of carbonyl (C=O) groups is 2. The van der Waals surface area contributed by atoms with E-state index in [1.54, 1.807) is 0 Å². The largest absolute Gasteiger partial charge is 0.463 e. The molecule has 4 rings (SSSR count). The van der Waals surface area contributed by atoms with Gasteiger partial charge in [0.25, 0.3) is 5.91 Å². The van der Waals surface area contributed by atoms with Gasteiger partial charge in [-0.15, -0.1) is 0 Å². The zero-order valence-corrected chi connectivity index (χ0v) is 18.2. The summed E-state index contributed by atoms with van der Waals surface area (Å²) in [4.78, 5) is 32.4. The van der Waals surface area contributed by atoms with Gasteiger partial charge in [-0.25, -0.2) is 9.97 Å². The zero-order chi connectivity index (χ0) is 22.3. The number of rotatable bonds is 5. The minimum absolute atomic E-state index is 0.0317. The molecular formula is C19H24BrN5O6. The van der Waals surface area contributed by atoms with Crippen LogP contribution in [0.4, 0.5) is 5.82 Å². The monoisotopic (exact) mass is 497 g/mol. The molecule has 6 N–H and O–H groups in total. The lowest BCUT2D eigenvalue weighted by atomic mass is 9.89. The van der Waals surface area contributed by atoms with Crippen LogP contribution in [0.3, 0.4) is 0 Å². The number of aromatic nitrogens is 3. The summed E-state index contributed by atoms with van der Waals surface area (Å²) in [5, 5.41) is 21.4. The number of carbonyl (C=O) groups excluding carboxylic acids is 2. The molecule has 0 unspecified atom stereocenters. The minimum atomic E-state index is -1.39. The number of aliphatic hydroxyl groups is 2. The summed E-state index contributed by atoms with van der Waals surface area (Å²) in [5.74, 6) is -1.21. The lowest BCUT2D eigenvalue weighted by Gasteiger charge is -2.21. The average Bonchev–Trinajstić information content (AvgIpc) is 3.21. The Bertz CT molecular complexity index is 1010. The Morgan fingerprint density at radius 3 is 2.61 bits per heavy atom. The van der Waals surface area contributed by atoms with E-state index in [9.17, 15) is 19.8 Å². The molecule has 4 atom stereocenters. The van der Waals surface area contributed by atoms with Crippen molar-refractivity contribution in [1.29, 1.82) is 0 Å². The van der Waals surface area contributed by atoms with Crippen LogP contribution in [0.25, 0.3) is 11.0 Å². The molecule has 0 spiro atoms. The second-order valence-corrected chi connectivity index (χ2v) is 8.62. The molecule has 1 amide bonds. The number of nitrogens with two attached hydrogens (primary N) is 2. The number of fused-ring (bicyclic) bond motifs is 1. The van der Waals surface area contributed by atoms with Crippen molar-refractivity contribution in [2.75, 3.05) is 12.3 Å². The number of nitrogen functional groups attached to an aromatic ring is 1. The second kappa shape index (κ2) is 8.69. The highest BCUT2D eigenvalue weighted by Gasteiger charge is 2.46. The van der Waals surface area contributed by atoms with Crippen molar-refractivity contribution in [2.24, 2.45) is 11.7 Å². The average molecular weight is 498 g/mol. The molecule has 2 aliphatic rings. The first kappa shape index (κ1) is 21.9. The summed E-state index contributed by atoms with van der Waals surface area (Å²) in [5.41, 5.74) is 11.6. The molecule has 1 aliphatic heterocycles. The van der Waals surface area contributed by atoms with Gasteiger partial charge in [0.1, 0.15) is 47.3 Å². The Hall–Kier alpha value is -2.28. The molecule has 2 fully saturated rings. The summed E-state index contributed by atoms with van der Waals surface area (Å²) in [7, 11) is 0. The van der Waals surface area contributed by atoms with Crippen molar-refractivity contribution >= 4 is 44.7 Å². The fourth-order valence-corrected chi connectivity index (χ4v) is 5.05. The Morgan fingerprint density at radius 2 is 1.94 bits per heavy atom. The minimum Gasteiger partial charge on any atom is -0.463 e. The SMILES string of the molecule is NC(=O)c1c(Br)n([C@H]2O[C@@H](COC(=O)C3CCCCC3)[C@@H](O)[C@@H]2O)c2ncnc(N)c12. The maximum atomic E-state index is 12.3. The molecule has 31 heavy (non-hydrogen) atoms. The van der Waals surface area contributed by atoms with Gasteiger partial charge in [-0.2, -0.15) is 0 Å². The van der Waals surface area contributed by atoms with Gasteiger partial charge in [-0.05, 0) is 28.8 Å². The van der Waals surface area contributed by atoms with E-state index in [4.69, 9.17) is 20.9 Å². The summed E-state index contributed by atoms with van der Waals surface area (Å²) in [6.07, 6.45) is 1.06. The van der Waals surface area contributed by atoms with Crippen LogP contribution < -0.4 is 11.5 Å². The van der Waals surface area contributed by atoms with Gasteiger partial charge in [-0.1, -0.05) is 19.3 Å². The van der Waals surface area contributed by atoms with Crippen LogP contribution in [0, 0.1) is 5.92 Å². The molecule has 0 radical (unpaired) electrons. The number of nitrogens with zero attached hydrogens (tertiary/aromatic N) is 3. The first-order chi connectivity index (χ1) is 14.8. The lowest BCUT2D eigenvalue weighted by Crippen LogP contribution is -2.35. The number of primary amides is 1. The van der Waals surface area contributed by atoms with E-state index in [1.807, 2.05) is 0 Å². The third kappa shape index (κ3) is 3.88. The predicted molar refractivity (Wildman–Crippen MR) is 112 cm³/mol. The fourth-order valence-electron chi connectivity index (χ4n) is 4.29. The number of hydrogen-bond acceptors (Lipinski definition) is 9. The van der Waals surface area contributed by atoms with E-state index in [0.717, 1.165) is 32.1 Å². The molecule has 1 saturated carbocycles. The van der Waals surface area contributed by atoms with Crippen LogP contribution in [0.2, 0.25) is 0 Å². The third-order valence-corrected chi connectivity index (χ3v) is 6.70. The summed E-state index contributed by atoms with van der Waals surface area (Å²) in [6, 6.07) is 0. The van der Waals surface area contributed by atoms with Crippen LogP contribution in [0.1, 0.15) is 48.7 Å². The number of halogens is 1. The summed E-state index contributed by atoms with van der Waals surface area (Å²) >= 11 is 3.30. The van der Waals surface area contributed by atoms with Gasteiger partial charge in [0.2, 0.25) is 0 Å². The maximum Gasteiger partial charge on any atom is 0.309 e. The zero-order valence-electron chi connectivity index (χ0n) is 16.6. The number of esters is 1. The molecule has 1 aliphatic carbocycles. The molecule has 2 aromatic heterocycles. The van der Waals surface area contributed by atoms with Crippen LogP contribution in [0.15, 0.2) is 10.9 Å². The molecular weight excluding hydrogens is 474 g/mol. The molecule has 168 valence electrons. The van der Waals surface area contributed by atoms with Crippen molar-refractivity contribution in [1.82, 2.24) is 14.5 Å². The number of amides is 1. The van der Waals surface area contributed by atoms with Crippen LogP contribution in [0.5, 0.6) is 0 Å². The van der Waals surface area contributed by atoms with Crippen molar-refractivity contribution in [3.63, 3.8) is 0 Å². The Kier molecular flexibility index (Phi) is 6.15. The van der Waals surface area contributed by atoms with E-state index < -0.39 is 30.4 Å². The quantitative estimate of drug-likeness (QED) is 0.431. The van der Waals surface area contributed by atoms with E-state index >= 15 is 0 Å². The standard InChI is InChI=1S/C19H24BrN5O6/c20-14-10(16(22)28)11-15(21)23-7-24-17(11)25(14)18-13(27)12(26)9(31-18)6-30-19(29)8-4-2-1-3-5-8/h7-9,12-13,18,26-27H,1-6H2,(H2,22,28)(H2,21,23,24)/t9-,12+,13-,18-/m0/s1. The summed E-state index contributed by atoms with van der Waals surface area (Å²) in [6.45, 7) is -0.208. The van der Waals surface area contributed by atoms with E-state index in [0.29, 0.717) is 0 Å². The van der Waals surface area contributed by atoms with Crippen molar-refractivity contribution < 1.29 is 29.3 Å². The number of hydrogen-bond donors (Lipinski definition) is 4. The van der Waals surface area contributed by atoms with Crippen molar-refractivity contribution in [3.05, 3.63) is 16.5 Å². The molecule has 3 heterocycles. The highest BCUT2D eigenvalue weighted by molar-refractivity contribution is 9.10. The molecule has 2 aromatic rings. The second-order valence-electron chi connectivity index (χ2n) is 7.87. The van der Waals surface area contributed by atoms with Gasteiger partial charge in [0.05, 0.1) is 16.9 Å². The maximum absolute atomic E-state index is 12.3. The predicted octanol–water partition coefficient (Wildman–Crippen LogP) is 0.618. The lowest BCUT2D eigenvalue weighted by molar-refractivity contribution is -0.156. The van der Waals surface area contributed by atoms with Crippen molar-refractivity contribution in [3.8, 4) is 0 Å². The topological polar surface area (TPSA) is 176 Å². The van der Waals surface area contributed by atoms with Gasteiger partial charge in [0, 0.05) is 0 Å². The van der Waals surface area contributed by atoms with Gasteiger partial charge >= 0.3 is 5.97 Å². The molecule has 0 aromatic carbocycles. The van der Waals surface area contributed by atoms with Crippen LogP contribution in [-0.4, -0.2) is 61.5 Å². The molecule has 12 heteroatoms. The van der Waals surface area contributed by atoms with Gasteiger partial charge < -0.3 is 31.2 Å². The van der Waals surface area contributed by atoms with Crippen LogP contribution in [-0.2, 0) is 14.3 Å². The molecule has 11 nitrogen and oxygen atoms in total. The Labute approximate surface area is 185 Å². The van der Waals surface area contributed by atoms with E-state index in [1.165, 1.54) is 10.9 Å². The fraction of sp³-hybridized carbons (Fsp3) is 0.579. The Morgan fingerprint density at radius 1 is 1.23 bits per heavy atom. The van der Waals surface area contributed by atoms with Crippen LogP contribution >= 0.6 is 15.9 Å². The van der Waals surface area contributed by atoms with Crippen molar-refractivity contribution in [2.45, 2.75) is 56.6 Å². The molecule has 0 bridgehead atoms.